The van der Waals surface area contributed by atoms with Crippen molar-refractivity contribution in [1.29, 1.82) is 0 Å². The highest BCUT2D eigenvalue weighted by molar-refractivity contribution is 6.32. The Balaban J connectivity index is 1.88. The number of benzene rings is 2. The molecule has 8 heteroatoms. The Morgan fingerprint density at radius 1 is 1.24 bits per heavy atom. The molecule has 0 bridgehead atoms. The SMILES string of the molecule is CNC(=O)[C@@H]1CN(C(=O)/C=C/c2cc(Cl)c(OC)c(OC)c2)c2ccccc2O1. The van der Waals surface area contributed by atoms with Crippen LogP contribution >= 0.6 is 11.6 Å². The molecule has 2 amide bonds. The lowest BCUT2D eigenvalue weighted by Gasteiger charge is -2.33. The van der Waals surface area contributed by atoms with Crippen molar-refractivity contribution in [3.8, 4) is 17.2 Å². The third kappa shape index (κ3) is 4.30. The van der Waals surface area contributed by atoms with E-state index in [0.717, 1.165) is 0 Å². The van der Waals surface area contributed by atoms with Crippen LogP contribution in [-0.4, -0.2) is 45.7 Å². The minimum Gasteiger partial charge on any atom is -0.493 e. The maximum atomic E-state index is 12.9. The van der Waals surface area contributed by atoms with Gasteiger partial charge < -0.3 is 24.4 Å². The van der Waals surface area contributed by atoms with Crippen LogP contribution in [0.25, 0.3) is 6.08 Å². The maximum absolute atomic E-state index is 12.9. The molecular weight excluding hydrogens is 396 g/mol. The number of carbonyl (C=O) groups is 2. The van der Waals surface area contributed by atoms with Crippen molar-refractivity contribution >= 4 is 35.2 Å². The fraction of sp³-hybridized carbons (Fsp3) is 0.238. The Kier molecular flexibility index (Phi) is 6.29. The van der Waals surface area contributed by atoms with Gasteiger partial charge in [-0.25, -0.2) is 0 Å². The highest BCUT2D eigenvalue weighted by Gasteiger charge is 2.32. The van der Waals surface area contributed by atoms with Crippen molar-refractivity contribution in [2.45, 2.75) is 6.10 Å². The predicted octanol–water partition coefficient (Wildman–Crippen LogP) is 2.91. The summed E-state index contributed by atoms with van der Waals surface area (Å²) in [4.78, 5) is 26.5. The summed E-state index contributed by atoms with van der Waals surface area (Å²) in [6.45, 7) is 0.104. The second kappa shape index (κ2) is 8.87. The molecule has 1 heterocycles. The van der Waals surface area contributed by atoms with E-state index in [4.69, 9.17) is 25.8 Å². The molecule has 3 rings (SSSR count). The summed E-state index contributed by atoms with van der Waals surface area (Å²) in [6.07, 6.45) is 2.26. The number of likely N-dealkylation sites (N-methyl/N-ethyl adjacent to an activating group) is 1. The van der Waals surface area contributed by atoms with E-state index in [-0.39, 0.29) is 18.4 Å². The number of rotatable bonds is 5. The van der Waals surface area contributed by atoms with E-state index in [0.29, 0.717) is 33.5 Å². The summed E-state index contributed by atoms with van der Waals surface area (Å²) in [5, 5.41) is 2.92. The zero-order chi connectivity index (χ0) is 21.0. The zero-order valence-corrected chi connectivity index (χ0v) is 17.0. The summed E-state index contributed by atoms with van der Waals surface area (Å²) in [5.41, 5.74) is 1.28. The second-order valence-corrected chi connectivity index (χ2v) is 6.62. The van der Waals surface area contributed by atoms with Gasteiger partial charge in [-0.2, -0.15) is 0 Å². The number of methoxy groups -OCH3 is 2. The molecule has 1 aliphatic heterocycles. The maximum Gasteiger partial charge on any atom is 0.262 e. The Labute approximate surface area is 173 Å². The average Bonchev–Trinajstić information content (AvgIpc) is 2.75. The topological polar surface area (TPSA) is 77.1 Å². The van der Waals surface area contributed by atoms with E-state index in [1.54, 1.807) is 42.5 Å². The van der Waals surface area contributed by atoms with E-state index in [2.05, 4.69) is 5.32 Å². The largest absolute Gasteiger partial charge is 0.493 e. The van der Waals surface area contributed by atoms with Crippen LogP contribution in [-0.2, 0) is 9.59 Å². The van der Waals surface area contributed by atoms with Gasteiger partial charge in [-0.15, -0.1) is 0 Å². The Hall–Kier alpha value is -3.19. The standard InChI is InChI=1S/C21H21ClN2O5/c1-23-21(26)18-12-24(15-6-4-5-7-16(15)29-18)19(25)9-8-13-10-14(22)20(28-3)17(11-13)27-2/h4-11,18H,12H2,1-3H3,(H,23,26)/b9-8+/t18-/m0/s1. The van der Waals surface area contributed by atoms with Gasteiger partial charge in [-0.05, 0) is 35.9 Å². The number of halogens is 1. The van der Waals surface area contributed by atoms with E-state index >= 15 is 0 Å². The average molecular weight is 417 g/mol. The summed E-state index contributed by atoms with van der Waals surface area (Å²) in [6, 6.07) is 10.5. The number of fused-ring (bicyclic) bond motifs is 1. The minimum absolute atomic E-state index is 0.104. The van der Waals surface area contributed by atoms with Crippen molar-refractivity contribution in [2.24, 2.45) is 0 Å². The van der Waals surface area contributed by atoms with Gasteiger partial charge in [0, 0.05) is 13.1 Å². The van der Waals surface area contributed by atoms with Gasteiger partial charge in [-0.1, -0.05) is 23.7 Å². The Bertz CT molecular complexity index is 960. The molecule has 1 aliphatic rings. The molecule has 0 aromatic heterocycles. The number of carbonyl (C=O) groups excluding carboxylic acids is 2. The van der Waals surface area contributed by atoms with Gasteiger partial charge in [-0.3, -0.25) is 9.59 Å². The molecule has 0 saturated heterocycles. The van der Waals surface area contributed by atoms with E-state index < -0.39 is 6.10 Å². The van der Waals surface area contributed by atoms with Crippen LogP contribution in [0.3, 0.4) is 0 Å². The van der Waals surface area contributed by atoms with Gasteiger partial charge >= 0.3 is 0 Å². The lowest BCUT2D eigenvalue weighted by molar-refractivity contribution is -0.127. The van der Waals surface area contributed by atoms with Crippen molar-refractivity contribution < 1.29 is 23.8 Å². The molecule has 0 aliphatic carbocycles. The fourth-order valence-corrected chi connectivity index (χ4v) is 3.33. The highest BCUT2D eigenvalue weighted by atomic mass is 35.5. The molecule has 0 radical (unpaired) electrons. The molecule has 0 spiro atoms. The molecule has 2 aromatic carbocycles. The Morgan fingerprint density at radius 2 is 2.00 bits per heavy atom. The number of hydrogen-bond acceptors (Lipinski definition) is 5. The number of hydrogen-bond donors (Lipinski definition) is 1. The van der Waals surface area contributed by atoms with Crippen molar-refractivity contribution in [3.63, 3.8) is 0 Å². The third-order valence-electron chi connectivity index (χ3n) is 4.45. The third-order valence-corrected chi connectivity index (χ3v) is 4.73. The van der Waals surface area contributed by atoms with Crippen LogP contribution < -0.4 is 24.4 Å². The van der Waals surface area contributed by atoms with Crippen LogP contribution in [0.1, 0.15) is 5.56 Å². The molecule has 0 fully saturated rings. The van der Waals surface area contributed by atoms with Gasteiger partial charge in [0.25, 0.3) is 11.8 Å². The van der Waals surface area contributed by atoms with Crippen LogP contribution in [0.15, 0.2) is 42.5 Å². The van der Waals surface area contributed by atoms with Gasteiger partial charge in [0.05, 0.1) is 31.5 Å². The van der Waals surface area contributed by atoms with Crippen LogP contribution in [0, 0.1) is 0 Å². The quantitative estimate of drug-likeness (QED) is 0.758. The normalized spacial score (nSPS) is 15.4. The van der Waals surface area contributed by atoms with Crippen molar-refractivity contribution in [3.05, 3.63) is 53.1 Å². The number of ether oxygens (including phenoxy) is 3. The molecule has 2 aromatic rings. The summed E-state index contributed by atoms with van der Waals surface area (Å²) in [5.74, 6) is 0.772. The number of amides is 2. The Morgan fingerprint density at radius 3 is 2.69 bits per heavy atom. The van der Waals surface area contributed by atoms with Gasteiger partial charge in [0.1, 0.15) is 5.75 Å². The molecule has 7 nitrogen and oxygen atoms in total. The number of nitrogens with one attached hydrogen (secondary N) is 1. The van der Waals surface area contributed by atoms with Crippen LogP contribution in [0.2, 0.25) is 5.02 Å². The van der Waals surface area contributed by atoms with Crippen LogP contribution in [0.4, 0.5) is 5.69 Å². The molecular formula is C21H21ClN2O5. The summed E-state index contributed by atoms with van der Waals surface area (Å²) in [7, 11) is 4.54. The molecule has 29 heavy (non-hydrogen) atoms. The van der Waals surface area contributed by atoms with Crippen LogP contribution in [0.5, 0.6) is 17.2 Å². The lowest BCUT2D eigenvalue weighted by atomic mass is 10.1. The van der Waals surface area contributed by atoms with E-state index in [1.807, 2.05) is 0 Å². The number of nitrogens with zero attached hydrogens (tertiary/aromatic N) is 1. The first-order valence-electron chi connectivity index (χ1n) is 8.86. The van der Waals surface area contributed by atoms with Crippen molar-refractivity contribution in [1.82, 2.24) is 5.32 Å². The van der Waals surface area contributed by atoms with Gasteiger partial charge in [0.15, 0.2) is 17.6 Å². The minimum atomic E-state index is -0.789. The first-order chi connectivity index (χ1) is 14.0. The molecule has 1 N–H and O–H groups in total. The first-order valence-corrected chi connectivity index (χ1v) is 9.24. The zero-order valence-electron chi connectivity index (χ0n) is 16.3. The lowest BCUT2D eigenvalue weighted by Crippen LogP contribution is -2.49. The smallest absolute Gasteiger partial charge is 0.262 e. The van der Waals surface area contributed by atoms with E-state index in [1.165, 1.54) is 32.2 Å². The molecule has 1 atom stereocenters. The van der Waals surface area contributed by atoms with E-state index in [9.17, 15) is 9.59 Å². The number of para-hydroxylation sites is 2. The fourth-order valence-electron chi connectivity index (χ4n) is 3.03. The predicted molar refractivity (Wildman–Crippen MR) is 111 cm³/mol. The monoisotopic (exact) mass is 416 g/mol. The van der Waals surface area contributed by atoms with Gasteiger partial charge in [0.2, 0.25) is 0 Å². The highest BCUT2D eigenvalue weighted by Crippen LogP contribution is 2.37. The molecule has 152 valence electrons. The summed E-state index contributed by atoms with van der Waals surface area (Å²) >= 11 is 6.22. The second-order valence-electron chi connectivity index (χ2n) is 6.21. The molecule has 0 unspecified atom stereocenters. The first kappa shape index (κ1) is 20.5. The number of anilines is 1. The molecule has 0 saturated carbocycles. The summed E-state index contributed by atoms with van der Waals surface area (Å²) < 4.78 is 16.2. The van der Waals surface area contributed by atoms with Crippen molar-refractivity contribution in [2.75, 3.05) is 32.7 Å².